The molecule has 0 radical (unpaired) electrons. The molecule has 0 N–H and O–H groups in total. The molecule has 4 rings (SSSR count). The van der Waals surface area contributed by atoms with Crippen LogP contribution in [0.4, 0.5) is 0 Å². The van der Waals surface area contributed by atoms with Gasteiger partial charge < -0.3 is 37.2 Å². The third kappa shape index (κ3) is 5.90. The molecule has 0 aliphatic rings. The quantitative estimate of drug-likeness (QED) is 0.284. The summed E-state index contributed by atoms with van der Waals surface area (Å²) in [7, 11) is 3.46. The molecule has 4 aromatic rings. The third-order valence-electron chi connectivity index (χ3n) is 3.47. The minimum absolute atomic E-state index is 0. The van der Waals surface area contributed by atoms with Crippen LogP contribution in [0.1, 0.15) is 0 Å². The number of hydrogen-bond donors (Lipinski definition) is 0. The van der Waals surface area contributed by atoms with E-state index in [0.29, 0.717) is 0 Å². The predicted octanol–water partition coefficient (Wildman–Crippen LogP) is -4.73. The molecule has 0 unspecified atom stereocenters. The standard InChI is InChI=1S/C18H15N3P3.3ClH/c1-4-10-16(11-5-1)19-22-20(17-12-6-2-7-13-17)24-21(23-19)18-14-8-3-9-15-18;;;/h1-15H;3*1H/q+3;;;/p-3. The van der Waals surface area contributed by atoms with E-state index >= 15 is 0 Å². The SMILES string of the molecule is [Cl-].[Cl-].[Cl-].c1ccc(-[n+]2p[n+](-c3ccccc3)p[n+](-c3ccccc3)p2)cc1. The van der Waals surface area contributed by atoms with E-state index in [4.69, 9.17) is 0 Å². The fourth-order valence-corrected chi connectivity index (χ4v) is 6.63. The molecule has 0 saturated carbocycles. The Morgan fingerprint density at radius 3 is 0.815 bits per heavy atom. The highest BCUT2D eigenvalue weighted by atomic mass is 35.5. The first-order valence-corrected chi connectivity index (χ1v) is 10.0. The minimum Gasteiger partial charge on any atom is -1.00 e. The predicted molar refractivity (Wildman–Crippen MR) is 98.6 cm³/mol. The average Bonchev–Trinajstić information content (AvgIpc) is 2.70. The van der Waals surface area contributed by atoms with Crippen LogP contribution >= 0.6 is 25.5 Å². The zero-order chi connectivity index (χ0) is 16.2. The van der Waals surface area contributed by atoms with Gasteiger partial charge >= 0.3 is 25.5 Å². The van der Waals surface area contributed by atoms with Gasteiger partial charge in [-0.15, -0.1) is 0 Å². The highest BCUT2D eigenvalue weighted by Gasteiger charge is 2.31. The number of rotatable bonds is 3. The topological polar surface area (TPSA) is 11.6 Å². The molecule has 0 bridgehead atoms. The summed E-state index contributed by atoms with van der Waals surface area (Å²) < 4.78 is 7.03. The van der Waals surface area contributed by atoms with Gasteiger partial charge in [0.1, 0.15) is 0 Å². The Bertz CT molecular complexity index is 823. The van der Waals surface area contributed by atoms with E-state index in [1.807, 2.05) is 0 Å². The number of para-hydroxylation sites is 3. The number of halogens is 3. The highest BCUT2D eigenvalue weighted by Crippen LogP contribution is 2.13. The second-order valence-electron chi connectivity index (χ2n) is 5.14. The van der Waals surface area contributed by atoms with Crippen LogP contribution in [-0.2, 0) is 0 Å². The summed E-state index contributed by atoms with van der Waals surface area (Å²) in [5, 5.41) is 0. The number of nitrogens with zero attached hydrogens (tertiary/aromatic N) is 3. The lowest BCUT2D eigenvalue weighted by Crippen LogP contribution is -3.00. The zero-order valence-corrected chi connectivity index (χ0v) is 18.9. The van der Waals surface area contributed by atoms with E-state index in [0.717, 1.165) is 25.5 Å². The van der Waals surface area contributed by atoms with Crippen LogP contribution < -0.4 is 49.5 Å². The van der Waals surface area contributed by atoms with Crippen LogP contribution in [0.15, 0.2) is 91.0 Å². The van der Waals surface area contributed by atoms with Crippen LogP contribution in [0.3, 0.4) is 0 Å². The summed E-state index contributed by atoms with van der Waals surface area (Å²) in [6.07, 6.45) is 0. The molecule has 0 saturated heterocycles. The maximum atomic E-state index is 2.34. The molecule has 0 fully saturated rings. The van der Waals surface area contributed by atoms with Crippen LogP contribution in [0.25, 0.3) is 17.1 Å². The van der Waals surface area contributed by atoms with Crippen molar-refractivity contribution >= 4 is 25.5 Å². The van der Waals surface area contributed by atoms with Crippen molar-refractivity contribution in [1.82, 2.24) is 0 Å². The van der Waals surface area contributed by atoms with Crippen molar-refractivity contribution in [3.63, 3.8) is 0 Å². The van der Waals surface area contributed by atoms with Crippen molar-refractivity contribution in [3.05, 3.63) is 91.0 Å². The molecule has 0 aliphatic heterocycles. The Morgan fingerprint density at radius 1 is 0.370 bits per heavy atom. The second-order valence-corrected chi connectivity index (χ2v) is 9.03. The zero-order valence-electron chi connectivity index (χ0n) is 14.0. The molecule has 0 amide bonds. The first-order chi connectivity index (χ1) is 11.9. The van der Waals surface area contributed by atoms with Gasteiger partial charge in [-0.3, -0.25) is 0 Å². The first kappa shape index (κ1) is 23.9. The molecule has 3 aromatic carbocycles. The third-order valence-corrected chi connectivity index (χ3v) is 7.31. The fraction of sp³-hybridized carbons (Fsp3) is 0. The largest absolute Gasteiger partial charge is 1.00 e. The lowest BCUT2D eigenvalue weighted by molar-refractivity contribution is -0.595. The van der Waals surface area contributed by atoms with Gasteiger partial charge in [0.2, 0.25) is 17.1 Å². The molecule has 0 spiro atoms. The van der Waals surface area contributed by atoms with Crippen molar-refractivity contribution < 1.29 is 49.5 Å². The van der Waals surface area contributed by atoms with Gasteiger partial charge in [-0.1, -0.05) is 54.6 Å². The molecule has 0 atom stereocenters. The smallest absolute Gasteiger partial charge is 0.611 e. The molecule has 1 aromatic heterocycles. The molecule has 3 nitrogen and oxygen atoms in total. The highest BCUT2D eigenvalue weighted by molar-refractivity contribution is 7.31. The lowest BCUT2D eigenvalue weighted by Gasteiger charge is -1.92. The minimum atomic E-state index is 0. The van der Waals surface area contributed by atoms with Crippen molar-refractivity contribution in [1.29, 1.82) is 0 Å². The van der Waals surface area contributed by atoms with E-state index in [1.54, 1.807) is 0 Å². The summed E-state index contributed by atoms with van der Waals surface area (Å²) >= 11 is 0. The van der Waals surface area contributed by atoms with E-state index in [2.05, 4.69) is 103 Å². The monoisotopic (exact) mass is 471 g/mol. The Morgan fingerprint density at radius 2 is 0.593 bits per heavy atom. The van der Waals surface area contributed by atoms with Gasteiger partial charge in [-0.25, -0.2) is 0 Å². The summed E-state index contributed by atoms with van der Waals surface area (Å²) in [6.45, 7) is 0. The lowest BCUT2D eigenvalue weighted by atomic mass is 10.3. The molecule has 138 valence electrons. The van der Waals surface area contributed by atoms with Crippen LogP contribution in [0.2, 0.25) is 0 Å². The second kappa shape index (κ2) is 11.6. The summed E-state index contributed by atoms with van der Waals surface area (Å²) in [4.78, 5) is 0. The van der Waals surface area contributed by atoms with Crippen LogP contribution in [-0.4, -0.2) is 0 Å². The van der Waals surface area contributed by atoms with E-state index in [9.17, 15) is 0 Å². The van der Waals surface area contributed by atoms with Gasteiger partial charge in [-0.2, -0.15) is 0 Å². The maximum Gasteiger partial charge on any atom is 0.611 e. The van der Waals surface area contributed by atoms with Crippen molar-refractivity contribution in [2.75, 3.05) is 0 Å². The Balaban J connectivity index is 0.00000121. The molecule has 1 heterocycles. The fourth-order valence-electron chi connectivity index (χ4n) is 2.29. The van der Waals surface area contributed by atoms with Crippen LogP contribution in [0.5, 0.6) is 0 Å². The van der Waals surface area contributed by atoms with Gasteiger partial charge in [0.25, 0.3) is 0 Å². The first-order valence-electron chi connectivity index (χ1n) is 7.60. The van der Waals surface area contributed by atoms with Gasteiger partial charge in [0.15, 0.2) is 0 Å². The Kier molecular flexibility index (Phi) is 10.3. The normalized spacial score (nSPS) is 10.2. The number of aromatic nitrogens is 3. The maximum absolute atomic E-state index is 2.34. The van der Waals surface area contributed by atoms with Crippen molar-refractivity contribution in [3.8, 4) is 17.1 Å². The van der Waals surface area contributed by atoms with E-state index in [-0.39, 0.29) is 37.2 Å². The van der Waals surface area contributed by atoms with Gasteiger partial charge in [-0.05, 0) is 12.3 Å². The Hall–Kier alpha value is -1.17. The van der Waals surface area contributed by atoms with E-state index in [1.165, 1.54) is 17.1 Å². The summed E-state index contributed by atoms with van der Waals surface area (Å²) in [6, 6.07) is 31.7. The van der Waals surface area contributed by atoms with Crippen molar-refractivity contribution in [2.24, 2.45) is 0 Å². The summed E-state index contributed by atoms with van der Waals surface area (Å²) in [5.41, 5.74) is 3.66. The average molecular weight is 473 g/mol. The molecular formula is C18H15Cl3N3P3. The van der Waals surface area contributed by atoms with Crippen molar-refractivity contribution in [2.45, 2.75) is 0 Å². The summed E-state index contributed by atoms with van der Waals surface area (Å²) in [5.74, 6) is 0. The Labute approximate surface area is 182 Å². The number of benzene rings is 3. The molecular weight excluding hydrogens is 458 g/mol. The molecule has 9 heteroatoms. The van der Waals surface area contributed by atoms with Gasteiger partial charge in [0, 0.05) is 36.4 Å². The number of hydrogen-bond acceptors (Lipinski definition) is 0. The van der Waals surface area contributed by atoms with Gasteiger partial charge in [0.05, 0.1) is 0 Å². The molecule has 27 heavy (non-hydrogen) atoms. The molecule has 0 aliphatic carbocycles. The van der Waals surface area contributed by atoms with Crippen LogP contribution in [0, 0.1) is 0 Å². The van der Waals surface area contributed by atoms with E-state index < -0.39 is 0 Å².